The number of nitrogens with one attached hydrogen (secondary N) is 1. The molecule has 1 amide bonds. The van der Waals surface area contributed by atoms with Gasteiger partial charge in [-0.3, -0.25) is 9.48 Å². The predicted molar refractivity (Wildman–Crippen MR) is 117 cm³/mol. The maximum absolute atomic E-state index is 13.2. The molecule has 0 bridgehead atoms. The van der Waals surface area contributed by atoms with Crippen molar-refractivity contribution in [3.8, 4) is 17.0 Å². The Balaban J connectivity index is 1.66. The molecule has 160 valence electrons. The van der Waals surface area contributed by atoms with Gasteiger partial charge in [0.15, 0.2) is 0 Å². The number of ether oxygens (including phenoxy) is 1. The van der Waals surface area contributed by atoms with E-state index in [1.165, 1.54) is 0 Å². The van der Waals surface area contributed by atoms with Gasteiger partial charge in [0.05, 0.1) is 23.8 Å². The van der Waals surface area contributed by atoms with Crippen LogP contribution in [0.25, 0.3) is 22.4 Å². The third kappa shape index (κ3) is 4.14. The van der Waals surface area contributed by atoms with Crippen LogP contribution in [0.1, 0.15) is 34.2 Å². The zero-order valence-corrected chi connectivity index (χ0v) is 18.3. The Morgan fingerprint density at radius 2 is 2.00 bits per heavy atom. The van der Waals surface area contributed by atoms with Crippen molar-refractivity contribution in [2.24, 2.45) is 7.05 Å². The van der Waals surface area contributed by atoms with E-state index in [-0.39, 0.29) is 11.9 Å². The van der Waals surface area contributed by atoms with Crippen LogP contribution in [0.3, 0.4) is 0 Å². The minimum Gasteiger partial charge on any atom is -0.497 e. The van der Waals surface area contributed by atoms with E-state index >= 15 is 0 Å². The molecule has 0 fully saturated rings. The second-order valence-electron chi connectivity index (χ2n) is 7.74. The molecule has 0 aliphatic rings. The Morgan fingerprint density at radius 3 is 2.65 bits per heavy atom. The lowest BCUT2D eigenvalue weighted by Crippen LogP contribution is -2.34. The highest BCUT2D eigenvalue weighted by molar-refractivity contribution is 6.09. The molecule has 0 radical (unpaired) electrons. The molecule has 4 aromatic rings. The molecule has 0 aliphatic heterocycles. The summed E-state index contributed by atoms with van der Waals surface area (Å²) in [7, 11) is 3.51. The molecule has 4 rings (SSSR count). The Bertz CT molecular complexity index is 1240. The monoisotopic (exact) mass is 419 g/mol. The molecule has 0 saturated carbocycles. The molecule has 8 nitrogen and oxygen atoms in total. The molecule has 0 saturated heterocycles. The average molecular weight is 419 g/mol. The van der Waals surface area contributed by atoms with E-state index in [4.69, 9.17) is 9.26 Å². The average Bonchev–Trinajstić information content (AvgIpc) is 3.29. The number of rotatable bonds is 6. The molecule has 1 aromatic carbocycles. The van der Waals surface area contributed by atoms with Gasteiger partial charge >= 0.3 is 0 Å². The summed E-state index contributed by atoms with van der Waals surface area (Å²) in [6, 6.07) is 9.13. The SMILES string of the molecule is COc1ccc(-c2noc3nc(C)cc(C(=O)N[C@H](C)Cc4cn(C)nc4C)c23)cc1. The molecule has 3 aromatic heterocycles. The zero-order valence-electron chi connectivity index (χ0n) is 18.3. The van der Waals surface area contributed by atoms with Crippen molar-refractivity contribution in [3.63, 3.8) is 0 Å². The number of pyridine rings is 1. The predicted octanol–water partition coefficient (Wildman–Crippen LogP) is 3.61. The Labute approximate surface area is 180 Å². The van der Waals surface area contributed by atoms with Crippen LogP contribution in [0, 0.1) is 13.8 Å². The van der Waals surface area contributed by atoms with Crippen LogP contribution in [-0.4, -0.2) is 39.0 Å². The van der Waals surface area contributed by atoms with Gasteiger partial charge in [-0.25, -0.2) is 4.98 Å². The Morgan fingerprint density at radius 1 is 1.26 bits per heavy atom. The fraction of sp³-hybridized carbons (Fsp3) is 0.304. The summed E-state index contributed by atoms with van der Waals surface area (Å²) in [6.07, 6.45) is 2.67. The van der Waals surface area contributed by atoms with Gasteiger partial charge in [0, 0.05) is 30.5 Å². The molecule has 0 spiro atoms. The lowest BCUT2D eigenvalue weighted by Gasteiger charge is -2.14. The van der Waals surface area contributed by atoms with E-state index in [1.807, 2.05) is 58.3 Å². The van der Waals surface area contributed by atoms with Crippen molar-refractivity contribution in [2.45, 2.75) is 33.2 Å². The second-order valence-corrected chi connectivity index (χ2v) is 7.74. The summed E-state index contributed by atoms with van der Waals surface area (Å²) >= 11 is 0. The summed E-state index contributed by atoms with van der Waals surface area (Å²) in [6.45, 7) is 5.78. The normalized spacial score (nSPS) is 12.2. The number of hydrogen-bond donors (Lipinski definition) is 1. The standard InChI is InChI=1S/C23H25N5O3/c1-13(10-17-12-28(4)26-15(17)3)24-22(29)19-11-14(2)25-23-20(19)21(27-31-23)16-6-8-18(30-5)9-7-16/h6-9,11-13H,10H2,1-5H3,(H,24,29)/t13-/m1/s1. The Kier molecular flexibility index (Phi) is 5.46. The number of carbonyl (C=O) groups excluding carboxylic acids is 1. The highest BCUT2D eigenvalue weighted by atomic mass is 16.5. The summed E-state index contributed by atoms with van der Waals surface area (Å²) < 4.78 is 12.5. The molecule has 0 unspecified atom stereocenters. The van der Waals surface area contributed by atoms with Crippen molar-refractivity contribution in [1.29, 1.82) is 0 Å². The number of hydrogen-bond acceptors (Lipinski definition) is 6. The van der Waals surface area contributed by atoms with Crippen molar-refractivity contribution in [3.05, 3.63) is 59.0 Å². The van der Waals surface area contributed by atoms with Crippen LogP contribution in [0.15, 0.2) is 41.1 Å². The largest absolute Gasteiger partial charge is 0.497 e. The summed E-state index contributed by atoms with van der Waals surface area (Å²) in [5.74, 6) is 0.547. The molecule has 0 aliphatic carbocycles. The number of aromatic nitrogens is 4. The summed E-state index contributed by atoms with van der Waals surface area (Å²) in [5.41, 5.74) is 4.98. The third-order valence-electron chi connectivity index (χ3n) is 5.20. The highest BCUT2D eigenvalue weighted by Gasteiger charge is 2.22. The first-order chi connectivity index (χ1) is 14.9. The van der Waals surface area contributed by atoms with Gasteiger partial charge in [-0.05, 0) is 63.1 Å². The highest BCUT2D eigenvalue weighted by Crippen LogP contribution is 2.31. The van der Waals surface area contributed by atoms with Crippen molar-refractivity contribution < 1.29 is 14.1 Å². The molecule has 3 heterocycles. The summed E-state index contributed by atoms with van der Waals surface area (Å²) in [5, 5.41) is 12.3. The van der Waals surface area contributed by atoms with Gasteiger partial charge in [-0.2, -0.15) is 5.10 Å². The maximum Gasteiger partial charge on any atom is 0.259 e. The minimum absolute atomic E-state index is 0.0804. The van der Waals surface area contributed by atoms with Gasteiger partial charge in [0.1, 0.15) is 11.4 Å². The van der Waals surface area contributed by atoms with Gasteiger partial charge in [0.2, 0.25) is 0 Å². The first-order valence-corrected chi connectivity index (χ1v) is 10.1. The van der Waals surface area contributed by atoms with Crippen LogP contribution in [-0.2, 0) is 13.5 Å². The third-order valence-corrected chi connectivity index (χ3v) is 5.20. The van der Waals surface area contributed by atoms with E-state index in [1.54, 1.807) is 17.9 Å². The molecule has 1 atom stereocenters. The zero-order chi connectivity index (χ0) is 22.1. The quantitative estimate of drug-likeness (QED) is 0.513. The number of benzene rings is 1. The van der Waals surface area contributed by atoms with Crippen LogP contribution in [0.5, 0.6) is 5.75 Å². The van der Waals surface area contributed by atoms with E-state index in [0.29, 0.717) is 34.5 Å². The molecule has 31 heavy (non-hydrogen) atoms. The number of aryl methyl sites for hydroxylation is 3. The Hall–Kier alpha value is -3.68. The molecule has 8 heteroatoms. The van der Waals surface area contributed by atoms with Crippen LogP contribution in [0.4, 0.5) is 0 Å². The van der Waals surface area contributed by atoms with Crippen LogP contribution >= 0.6 is 0 Å². The molecular weight excluding hydrogens is 394 g/mol. The second kappa shape index (κ2) is 8.22. The number of methoxy groups -OCH3 is 1. The van der Waals surface area contributed by atoms with Crippen molar-refractivity contribution in [2.75, 3.05) is 7.11 Å². The molecular formula is C23H25N5O3. The van der Waals surface area contributed by atoms with Gasteiger partial charge in [-0.15, -0.1) is 0 Å². The topological polar surface area (TPSA) is 95.1 Å². The van der Waals surface area contributed by atoms with Gasteiger partial charge in [0.25, 0.3) is 11.6 Å². The number of nitrogens with zero attached hydrogens (tertiary/aromatic N) is 4. The lowest BCUT2D eigenvalue weighted by atomic mass is 10.0. The van der Waals surface area contributed by atoms with E-state index in [0.717, 1.165) is 22.6 Å². The maximum atomic E-state index is 13.2. The number of fused-ring (bicyclic) bond motifs is 1. The lowest BCUT2D eigenvalue weighted by molar-refractivity contribution is 0.0941. The number of carbonyl (C=O) groups is 1. The van der Waals surface area contributed by atoms with Crippen molar-refractivity contribution in [1.82, 2.24) is 25.2 Å². The fourth-order valence-corrected chi connectivity index (χ4v) is 3.73. The smallest absolute Gasteiger partial charge is 0.259 e. The van der Waals surface area contributed by atoms with Gasteiger partial charge in [-0.1, -0.05) is 5.16 Å². The van der Waals surface area contributed by atoms with E-state index < -0.39 is 0 Å². The summed E-state index contributed by atoms with van der Waals surface area (Å²) in [4.78, 5) is 17.6. The number of amides is 1. The van der Waals surface area contributed by atoms with Crippen LogP contribution in [0.2, 0.25) is 0 Å². The van der Waals surface area contributed by atoms with Crippen LogP contribution < -0.4 is 10.1 Å². The first-order valence-electron chi connectivity index (χ1n) is 10.1. The van der Waals surface area contributed by atoms with E-state index in [9.17, 15) is 4.79 Å². The van der Waals surface area contributed by atoms with Crippen molar-refractivity contribution >= 4 is 17.0 Å². The first kappa shape index (κ1) is 20.6. The minimum atomic E-state index is -0.192. The fourth-order valence-electron chi connectivity index (χ4n) is 3.73. The molecule has 1 N–H and O–H groups in total. The van der Waals surface area contributed by atoms with Gasteiger partial charge < -0.3 is 14.6 Å². The van der Waals surface area contributed by atoms with E-state index in [2.05, 4.69) is 20.6 Å².